The standard InChI is InChI=1S/C17H17I2NO3/c1-23-17-12(18)4-9(5-13(17)19)6-14-11-8-16(22)15(21)7-10(11)2-3-20-14/h4-5,7-8,14,20-22H,2-3,6H2,1H3/t14-/m1/s1. The molecule has 0 radical (unpaired) electrons. The van der Waals surface area contributed by atoms with Crippen molar-refractivity contribution in [3.8, 4) is 17.2 Å². The second-order valence-corrected chi connectivity index (χ2v) is 7.92. The van der Waals surface area contributed by atoms with Gasteiger partial charge in [0.05, 0.1) is 14.3 Å². The minimum absolute atomic E-state index is 0.0436. The summed E-state index contributed by atoms with van der Waals surface area (Å²) in [6.45, 7) is 0.867. The molecule has 0 saturated carbocycles. The number of phenols is 2. The van der Waals surface area contributed by atoms with E-state index in [4.69, 9.17) is 4.74 Å². The molecule has 23 heavy (non-hydrogen) atoms. The highest BCUT2D eigenvalue weighted by Crippen LogP contribution is 2.36. The lowest BCUT2D eigenvalue weighted by molar-refractivity contribution is 0.398. The number of benzene rings is 2. The number of aromatic hydroxyl groups is 2. The lowest BCUT2D eigenvalue weighted by Gasteiger charge is -2.27. The number of halogens is 2. The molecule has 1 aliphatic heterocycles. The number of methoxy groups -OCH3 is 1. The maximum absolute atomic E-state index is 9.82. The van der Waals surface area contributed by atoms with Crippen LogP contribution in [-0.2, 0) is 12.8 Å². The summed E-state index contributed by atoms with van der Waals surface area (Å²) in [7, 11) is 1.69. The molecule has 2 aromatic carbocycles. The normalized spacial score (nSPS) is 16.9. The molecular formula is C17H17I2NO3. The van der Waals surface area contributed by atoms with Gasteiger partial charge >= 0.3 is 0 Å². The Labute approximate surface area is 162 Å². The number of hydrogen-bond donors (Lipinski definition) is 3. The third-order valence-corrected chi connectivity index (χ3v) is 5.70. The van der Waals surface area contributed by atoms with Crippen LogP contribution in [0.3, 0.4) is 0 Å². The number of phenolic OH excluding ortho intramolecular Hbond substituents is 2. The highest BCUT2D eigenvalue weighted by Gasteiger charge is 2.22. The molecule has 3 rings (SSSR count). The zero-order valence-corrected chi connectivity index (χ0v) is 16.9. The molecule has 0 amide bonds. The van der Waals surface area contributed by atoms with Crippen molar-refractivity contribution in [3.63, 3.8) is 0 Å². The van der Waals surface area contributed by atoms with Gasteiger partial charge in [0, 0.05) is 6.04 Å². The largest absolute Gasteiger partial charge is 0.504 e. The molecule has 1 heterocycles. The van der Waals surface area contributed by atoms with Gasteiger partial charge in [0.15, 0.2) is 11.5 Å². The van der Waals surface area contributed by atoms with Crippen molar-refractivity contribution in [3.05, 3.63) is 48.1 Å². The van der Waals surface area contributed by atoms with Gasteiger partial charge in [-0.15, -0.1) is 0 Å². The predicted molar refractivity (Wildman–Crippen MR) is 106 cm³/mol. The van der Waals surface area contributed by atoms with Gasteiger partial charge < -0.3 is 20.3 Å². The first-order chi connectivity index (χ1) is 11.0. The fourth-order valence-electron chi connectivity index (χ4n) is 3.01. The molecule has 3 N–H and O–H groups in total. The van der Waals surface area contributed by atoms with Crippen molar-refractivity contribution < 1.29 is 14.9 Å². The maximum Gasteiger partial charge on any atom is 0.157 e. The van der Waals surface area contributed by atoms with Gasteiger partial charge in [-0.2, -0.15) is 0 Å². The molecule has 2 aromatic rings. The van der Waals surface area contributed by atoms with Crippen LogP contribution in [0.4, 0.5) is 0 Å². The van der Waals surface area contributed by atoms with Gasteiger partial charge in [0.1, 0.15) is 5.75 Å². The van der Waals surface area contributed by atoms with E-state index >= 15 is 0 Å². The molecule has 0 fully saturated rings. The lowest BCUT2D eigenvalue weighted by Crippen LogP contribution is -2.31. The predicted octanol–water partition coefficient (Wildman–Crippen LogP) is 3.75. The monoisotopic (exact) mass is 537 g/mol. The van der Waals surface area contributed by atoms with Crippen LogP contribution in [-0.4, -0.2) is 23.9 Å². The molecule has 122 valence electrons. The summed E-state index contributed by atoms with van der Waals surface area (Å²) in [6.07, 6.45) is 1.69. The van der Waals surface area contributed by atoms with Crippen molar-refractivity contribution >= 4 is 45.2 Å². The summed E-state index contributed by atoms with van der Waals surface area (Å²) in [5.74, 6) is 0.809. The first kappa shape index (κ1) is 17.1. The molecule has 0 saturated heterocycles. The SMILES string of the molecule is COc1c(I)cc(C[C@H]2NCCc3cc(O)c(O)cc32)cc1I. The Hall–Kier alpha value is -0.740. The van der Waals surface area contributed by atoms with Gasteiger partial charge in [-0.1, -0.05) is 0 Å². The van der Waals surface area contributed by atoms with Crippen molar-refractivity contribution in [2.45, 2.75) is 18.9 Å². The molecule has 1 atom stereocenters. The van der Waals surface area contributed by atoms with Crippen LogP contribution in [0.15, 0.2) is 24.3 Å². The van der Waals surface area contributed by atoms with Crippen LogP contribution < -0.4 is 10.1 Å². The number of rotatable bonds is 3. The maximum atomic E-state index is 9.82. The van der Waals surface area contributed by atoms with E-state index in [0.717, 1.165) is 43.4 Å². The van der Waals surface area contributed by atoms with Crippen molar-refractivity contribution in [2.75, 3.05) is 13.7 Å². The molecule has 1 aliphatic rings. The Kier molecular flexibility index (Phi) is 5.22. The van der Waals surface area contributed by atoms with Crippen LogP contribution in [0.5, 0.6) is 17.2 Å². The summed E-state index contributed by atoms with van der Waals surface area (Å²) in [5.41, 5.74) is 3.38. The minimum atomic E-state index is -0.0589. The summed E-state index contributed by atoms with van der Waals surface area (Å²) < 4.78 is 7.60. The molecule has 0 bridgehead atoms. The van der Waals surface area contributed by atoms with Crippen LogP contribution >= 0.6 is 45.2 Å². The number of fused-ring (bicyclic) bond motifs is 1. The average Bonchev–Trinajstić information content (AvgIpc) is 2.49. The van der Waals surface area contributed by atoms with Gasteiger partial charge in [-0.05, 0) is 106 Å². The van der Waals surface area contributed by atoms with E-state index in [1.807, 2.05) is 0 Å². The first-order valence-electron chi connectivity index (χ1n) is 7.29. The van der Waals surface area contributed by atoms with E-state index in [-0.39, 0.29) is 17.5 Å². The second kappa shape index (κ2) is 7.02. The summed E-state index contributed by atoms with van der Waals surface area (Å²) in [6, 6.07) is 7.77. The van der Waals surface area contributed by atoms with Crippen molar-refractivity contribution in [2.24, 2.45) is 0 Å². The van der Waals surface area contributed by atoms with E-state index < -0.39 is 0 Å². The minimum Gasteiger partial charge on any atom is -0.504 e. The number of nitrogens with one attached hydrogen (secondary N) is 1. The van der Waals surface area contributed by atoms with Crippen LogP contribution in [0.2, 0.25) is 0 Å². The Morgan fingerprint density at radius 1 is 1.13 bits per heavy atom. The molecule has 4 nitrogen and oxygen atoms in total. The summed E-state index contributed by atoms with van der Waals surface area (Å²) in [5, 5.41) is 23.0. The zero-order valence-electron chi connectivity index (χ0n) is 12.6. The summed E-state index contributed by atoms with van der Waals surface area (Å²) >= 11 is 4.58. The van der Waals surface area contributed by atoms with E-state index in [9.17, 15) is 10.2 Å². The fraction of sp³-hybridized carbons (Fsp3) is 0.294. The van der Waals surface area contributed by atoms with Gasteiger partial charge in [0.2, 0.25) is 0 Å². The van der Waals surface area contributed by atoms with Crippen molar-refractivity contribution in [1.82, 2.24) is 5.32 Å². The molecule has 6 heteroatoms. The van der Waals surface area contributed by atoms with Crippen LogP contribution in [0.25, 0.3) is 0 Å². The fourth-order valence-corrected chi connectivity index (χ4v) is 5.35. The Bertz CT molecular complexity index is 726. The van der Waals surface area contributed by atoms with Crippen LogP contribution in [0, 0.1) is 7.14 Å². The van der Waals surface area contributed by atoms with Gasteiger partial charge in [-0.25, -0.2) is 0 Å². The number of hydrogen-bond acceptors (Lipinski definition) is 4. The van der Waals surface area contributed by atoms with E-state index in [0.29, 0.717) is 0 Å². The number of ether oxygens (including phenoxy) is 1. The Balaban J connectivity index is 1.92. The quantitative estimate of drug-likeness (QED) is 0.413. The molecule has 0 aliphatic carbocycles. The topological polar surface area (TPSA) is 61.7 Å². The highest BCUT2D eigenvalue weighted by atomic mass is 127. The third-order valence-electron chi connectivity index (χ3n) is 4.10. The smallest absolute Gasteiger partial charge is 0.157 e. The highest BCUT2D eigenvalue weighted by molar-refractivity contribution is 14.1. The molecule has 0 unspecified atom stereocenters. The summed E-state index contributed by atoms with van der Waals surface area (Å²) in [4.78, 5) is 0. The van der Waals surface area contributed by atoms with Crippen molar-refractivity contribution in [1.29, 1.82) is 0 Å². The van der Waals surface area contributed by atoms with E-state index in [1.165, 1.54) is 5.56 Å². The molecule has 0 aromatic heterocycles. The van der Waals surface area contributed by atoms with Gasteiger partial charge in [-0.3, -0.25) is 0 Å². The zero-order chi connectivity index (χ0) is 16.6. The second-order valence-electron chi connectivity index (χ2n) is 5.59. The Morgan fingerprint density at radius 3 is 2.43 bits per heavy atom. The van der Waals surface area contributed by atoms with E-state index in [1.54, 1.807) is 19.2 Å². The van der Waals surface area contributed by atoms with E-state index in [2.05, 4.69) is 62.6 Å². The molecular weight excluding hydrogens is 520 g/mol. The lowest BCUT2D eigenvalue weighted by atomic mass is 9.90. The van der Waals surface area contributed by atoms with Gasteiger partial charge in [0.25, 0.3) is 0 Å². The Morgan fingerprint density at radius 2 is 1.78 bits per heavy atom. The average molecular weight is 537 g/mol. The van der Waals surface area contributed by atoms with Crippen LogP contribution in [0.1, 0.15) is 22.7 Å². The third kappa shape index (κ3) is 3.53. The molecule has 0 spiro atoms. The first-order valence-corrected chi connectivity index (χ1v) is 9.45.